The van der Waals surface area contributed by atoms with Crippen LogP contribution in [0.5, 0.6) is 0 Å². The number of aromatic nitrogens is 2. The van der Waals surface area contributed by atoms with Gasteiger partial charge in [-0.1, -0.05) is 12.1 Å². The highest BCUT2D eigenvalue weighted by Crippen LogP contribution is 2.21. The van der Waals surface area contributed by atoms with Gasteiger partial charge in [0, 0.05) is 45.4 Å². The zero-order valence-electron chi connectivity index (χ0n) is 15.9. The van der Waals surface area contributed by atoms with E-state index in [0.29, 0.717) is 6.04 Å². The molecule has 1 atom stereocenters. The van der Waals surface area contributed by atoms with Gasteiger partial charge in [-0.3, -0.25) is 9.80 Å². The first kappa shape index (κ1) is 18.6. The van der Waals surface area contributed by atoms with Gasteiger partial charge in [0.25, 0.3) is 0 Å². The van der Waals surface area contributed by atoms with Gasteiger partial charge in [-0.25, -0.2) is 4.98 Å². The molecule has 0 unspecified atom stereocenters. The van der Waals surface area contributed by atoms with Gasteiger partial charge in [0.15, 0.2) is 0 Å². The van der Waals surface area contributed by atoms with Crippen LogP contribution in [0, 0.1) is 0 Å². The summed E-state index contributed by atoms with van der Waals surface area (Å²) in [4.78, 5) is 9.91. The minimum atomic E-state index is 0.242. The van der Waals surface area contributed by atoms with Crippen LogP contribution in [0.25, 0.3) is 11.0 Å². The lowest BCUT2D eigenvalue weighted by atomic mass is 10.1. The van der Waals surface area contributed by atoms with E-state index in [1.54, 1.807) is 11.3 Å². The molecule has 1 N–H and O–H groups in total. The molecule has 27 heavy (non-hydrogen) atoms. The molecule has 6 heteroatoms. The van der Waals surface area contributed by atoms with Gasteiger partial charge in [0.2, 0.25) is 0 Å². The molecule has 0 bridgehead atoms. The molecule has 0 radical (unpaired) electrons. The Labute approximate surface area is 164 Å². The van der Waals surface area contributed by atoms with Crippen molar-refractivity contribution in [2.24, 2.45) is 0 Å². The first-order chi connectivity index (χ1) is 13.3. The molecule has 1 fully saturated rings. The predicted molar refractivity (Wildman–Crippen MR) is 111 cm³/mol. The Morgan fingerprint density at radius 3 is 2.85 bits per heavy atom. The van der Waals surface area contributed by atoms with Crippen LogP contribution in [0.3, 0.4) is 0 Å². The maximum atomic E-state index is 9.56. The summed E-state index contributed by atoms with van der Waals surface area (Å²) in [7, 11) is 0. The number of hydrogen-bond acceptors (Lipinski definition) is 5. The van der Waals surface area contributed by atoms with Crippen LogP contribution in [0.15, 0.2) is 41.1 Å². The summed E-state index contributed by atoms with van der Waals surface area (Å²) in [6.07, 6.45) is 0.824. The van der Waals surface area contributed by atoms with E-state index in [9.17, 15) is 5.11 Å². The molecule has 3 heterocycles. The quantitative estimate of drug-likeness (QED) is 0.679. The van der Waals surface area contributed by atoms with Crippen LogP contribution in [0.1, 0.15) is 24.7 Å². The van der Waals surface area contributed by atoms with Crippen LogP contribution in [0.2, 0.25) is 0 Å². The molecule has 1 aliphatic rings. The molecular formula is C21H28N4OS. The highest BCUT2D eigenvalue weighted by atomic mass is 32.1. The SMILES string of the molecule is CCn1c(CN2CCN(Cc3ccsc3)[C@@H](CCO)C2)nc2ccccc21. The van der Waals surface area contributed by atoms with Crippen molar-refractivity contribution in [1.82, 2.24) is 19.4 Å². The van der Waals surface area contributed by atoms with Crippen LogP contribution in [-0.4, -0.2) is 56.7 Å². The highest BCUT2D eigenvalue weighted by molar-refractivity contribution is 7.07. The normalized spacial score (nSPS) is 19.1. The number of imidazole rings is 1. The number of rotatable bonds is 7. The van der Waals surface area contributed by atoms with Crippen molar-refractivity contribution in [1.29, 1.82) is 0 Å². The zero-order valence-corrected chi connectivity index (χ0v) is 16.7. The third-order valence-electron chi connectivity index (χ3n) is 5.53. The molecule has 1 aromatic carbocycles. The fraction of sp³-hybridized carbons (Fsp3) is 0.476. The van der Waals surface area contributed by atoms with Gasteiger partial charge in [-0.15, -0.1) is 0 Å². The lowest BCUT2D eigenvalue weighted by Crippen LogP contribution is -2.52. The number of fused-ring (bicyclic) bond motifs is 1. The number of hydrogen-bond donors (Lipinski definition) is 1. The minimum absolute atomic E-state index is 0.242. The number of aliphatic hydroxyl groups is 1. The molecule has 144 valence electrons. The predicted octanol–water partition coefficient (Wildman–Crippen LogP) is 3.19. The van der Waals surface area contributed by atoms with Crippen LogP contribution in [0.4, 0.5) is 0 Å². The van der Waals surface area contributed by atoms with Gasteiger partial charge in [0.05, 0.1) is 17.6 Å². The van der Waals surface area contributed by atoms with Crippen molar-refractivity contribution in [3.8, 4) is 0 Å². The van der Waals surface area contributed by atoms with Crippen LogP contribution >= 0.6 is 11.3 Å². The Balaban J connectivity index is 1.47. The van der Waals surface area contributed by atoms with Crippen molar-refractivity contribution in [2.75, 3.05) is 26.2 Å². The Kier molecular flexibility index (Phi) is 5.88. The van der Waals surface area contributed by atoms with E-state index in [1.165, 1.54) is 11.1 Å². The smallest absolute Gasteiger partial charge is 0.124 e. The summed E-state index contributed by atoms with van der Waals surface area (Å²) in [5.74, 6) is 1.15. The topological polar surface area (TPSA) is 44.5 Å². The summed E-state index contributed by atoms with van der Waals surface area (Å²) < 4.78 is 2.33. The number of benzene rings is 1. The molecule has 0 spiro atoms. The molecule has 0 saturated carbocycles. The van der Waals surface area contributed by atoms with Crippen molar-refractivity contribution >= 4 is 22.4 Å². The lowest BCUT2D eigenvalue weighted by Gasteiger charge is -2.41. The highest BCUT2D eigenvalue weighted by Gasteiger charge is 2.27. The fourth-order valence-corrected chi connectivity index (χ4v) is 4.81. The minimum Gasteiger partial charge on any atom is -0.396 e. The Bertz CT molecular complexity index is 860. The van der Waals surface area contributed by atoms with E-state index in [-0.39, 0.29) is 6.61 Å². The monoisotopic (exact) mass is 384 g/mol. The molecule has 5 nitrogen and oxygen atoms in total. The van der Waals surface area contributed by atoms with E-state index in [0.717, 1.165) is 57.0 Å². The second kappa shape index (κ2) is 8.52. The Hall–Kier alpha value is -1.73. The van der Waals surface area contributed by atoms with Crippen molar-refractivity contribution in [2.45, 2.75) is 39.0 Å². The van der Waals surface area contributed by atoms with E-state index in [4.69, 9.17) is 4.98 Å². The lowest BCUT2D eigenvalue weighted by molar-refractivity contribution is 0.0484. The number of nitrogens with zero attached hydrogens (tertiary/aromatic N) is 4. The number of aryl methyl sites for hydroxylation is 1. The molecule has 4 rings (SSSR count). The van der Waals surface area contributed by atoms with Gasteiger partial charge in [-0.05, 0) is 47.9 Å². The number of para-hydroxylation sites is 2. The third-order valence-corrected chi connectivity index (χ3v) is 6.26. The summed E-state index contributed by atoms with van der Waals surface area (Å²) in [5.41, 5.74) is 3.68. The van der Waals surface area contributed by atoms with Crippen molar-refractivity contribution in [3.05, 3.63) is 52.5 Å². The summed E-state index contributed by atoms with van der Waals surface area (Å²) >= 11 is 1.75. The number of thiophene rings is 1. The first-order valence-corrected chi connectivity index (χ1v) is 10.7. The second-order valence-corrected chi connectivity index (χ2v) is 8.04. The van der Waals surface area contributed by atoms with Crippen LogP contribution < -0.4 is 0 Å². The molecule has 0 aliphatic carbocycles. The van der Waals surface area contributed by atoms with Gasteiger partial charge in [-0.2, -0.15) is 11.3 Å². The average Bonchev–Trinajstić information content (AvgIpc) is 3.31. The van der Waals surface area contributed by atoms with E-state index < -0.39 is 0 Å². The maximum Gasteiger partial charge on any atom is 0.124 e. The maximum absolute atomic E-state index is 9.56. The zero-order chi connectivity index (χ0) is 18.6. The number of piperazine rings is 1. The standard InChI is InChI=1S/C21H28N4OS/c1-2-25-20-6-4-3-5-19(20)22-21(25)15-23-9-10-24(18(14-23)7-11-26)13-17-8-12-27-16-17/h3-6,8,12,16,18,26H,2,7,9-11,13-15H2,1H3/t18-/m0/s1. The average molecular weight is 385 g/mol. The van der Waals surface area contributed by atoms with Crippen molar-refractivity contribution < 1.29 is 5.11 Å². The largest absolute Gasteiger partial charge is 0.396 e. The van der Waals surface area contributed by atoms with Crippen molar-refractivity contribution in [3.63, 3.8) is 0 Å². The third kappa shape index (κ3) is 4.09. The summed E-state index contributed by atoms with van der Waals surface area (Å²) in [6, 6.07) is 11.0. The van der Waals surface area contributed by atoms with E-state index in [2.05, 4.69) is 62.4 Å². The summed E-state index contributed by atoms with van der Waals surface area (Å²) in [6.45, 7) is 8.28. The Morgan fingerprint density at radius 1 is 1.19 bits per heavy atom. The van der Waals surface area contributed by atoms with Crippen LogP contribution in [-0.2, 0) is 19.6 Å². The van der Waals surface area contributed by atoms with Gasteiger partial charge in [0.1, 0.15) is 5.82 Å². The second-order valence-electron chi connectivity index (χ2n) is 7.26. The first-order valence-electron chi connectivity index (χ1n) is 9.81. The molecule has 0 amide bonds. The molecule has 2 aromatic heterocycles. The van der Waals surface area contributed by atoms with E-state index >= 15 is 0 Å². The molecule has 1 saturated heterocycles. The molecule has 1 aliphatic heterocycles. The molecular weight excluding hydrogens is 356 g/mol. The van der Waals surface area contributed by atoms with E-state index in [1.807, 2.05) is 0 Å². The number of aliphatic hydroxyl groups excluding tert-OH is 1. The van der Waals surface area contributed by atoms with Gasteiger partial charge < -0.3 is 9.67 Å². The Morgan fingerprint density at radius 2 is 2.07 bits per heavy atom. The summed E-state index contributed by atoms with van der Waals surface area (Å²) in [5, 5.41) is 13.9. The fourth-order valence-electron chi connectivity index (χ4n) is 4.15. The van der Waals surface area contributed by atoms with Gasteiger partial charge >= 0.3 is 0 Å². The molecule has 3 aromatic rings.